The van der Waals surface area contributed by atoms with Crippen LogP contribution >= 0.6 is 0 Å². The van der Waals surface area contributed by atoms with E-state index in [1.807, 2.05) is 31.2 Å². The number of aryl methyl sites for hydroxylation is 1. The molecule has 132 valence electrons. The summed E-state index contributed by atoms with van der Waals surface area (Å²) in [5, 5.41) is 3.13. The fourth-order valence-electron chi connectivity index (χ4n) is 3.23. The second-order valence-corrected chi connectivity index (χ2v) is 6.82. The van der Waals surface area contributed by atoms with E-state index in [0.29, 0.717) is 12.5 Å². The maximum Gasteiger partial charge on any atom is 0.225 e. The van der Waals surface area contributed by atoms with Crippen molar-refractivity contribution in [2.24, 2.45) is 5.92 Å². The van der Waals surface area contributed by atoms with Crippen molar-refractivity contribution in [1.82, 2.24) is 15.3 Å². The molecule has 2 aromatic rings. The van der Waals surface area contributed by atoms with Crippen molar-refractivity contribution in [2.45, 2.75) is 32.6 Å². The first-order valence-electron chi connectivity index (χ1n) is 9.00. The number of carbonyl (C=O) groups excluding carboxylic acids is 1. The second kappa shape index (κ2) is 8.10. The number of nitrogens with one attached hydrogen (secondary N) is 1. The van der Waals surface area contributed by atoms with Gasteiger partial charge in [0, 0.05) is 37.4 Å². The standard InChI is InChI=1S/C20H26N4O/c1-15(17-6-4-3-5-7-17)14-22-19(25)18-9-12-24(13-10-18)20-21-11-8-16(2)23-20/h3-8,11,15,18H,9-10,12-14H2,1-2H3,(H,22,25). The van der Waals surface area contributed by atoms with Gasteiger partial charge < -0.3 is 10.2 Å². The number of nitrogens with zero attached hydrogens (tertiary/aromatic N) is 3. The van der Waals surface area contributed by atoms with Crippen LogP contribution in [-0.4, -0.2) is 35.5 Å². The van der Waals surface area contributed by atoms with Gasteiger partial charge in [-0.3, -0.25) is 4.79 Å². The predicted molar refractivity (Wildman–Crippen MR) is 99.6 cm³/mol. The molecule has 1 N–H and O–H groups in total. The van der Waals surface area contributed by atoms with Crippen LogP contribution in [0.1, 0.15) is 36.9 Å². The topological polar surface area (TPSA) is 58.1 Å². The van der Waals surface area contributed by atoms with E-state index in [2.05, 4.69) is 39.2 Å². The molecular weight excluding hydrogens is 312 g/mol. The minimum absolute atomic E-state index is 0.0871. The van der Waals surface area contributed by atoms with E-state index in [9.17, 15) is 4.79 Å². The molecule has 1 atom stereocenters. The molecule has 0 saturated carbocycles. The highest BCUT2D eigenvalue weighted by Crippen LogP contribution is 2.21. The summed E-state index contributed by atoms with van der Waals surface area (Å²) in [5.41, 5.74) is 2.23. The Morgan fingerprint density at radius 1 is 1.24 bits per heavy atom. The Hall–Kier alpha value is -2.43. The van der Waals surface area contributed by atoms with E-state index in [0.717, 1.165) is 37.6 Å². The van der Waals surface area contributed by atoms with Gasteiger partial charge in [0.2, 0.25) is 11.9 Å². The Morgan fingerprint density at radius 2 is 1.96 bits per heavy atom. The Bertz CT molecular complexity index is 696. The first kappa shape index (κ1) is 17.4. The van der Waals surface area contributed by atoms with E-state index in [-0.39, 0.29) is 11.8 Å². The van der Waals surface area contributed by atoms with E-state index >= 15 is 0 Å². The Morgan fingerprint density at radius 3 is 2.64 bits per heavy atom. The minimum Gasteiger partial charge on any atom is -0.355 e. The van der Waals surface area contributed by atoms with Crippen LogP contribution in [0.4, 0.5) is 5.95 Å². The number of aromatic nitrogens is 2. The van der Waals surface area contributed by atoms with Gasteiger partial charge in [0.1, 0.15) is 0 Å². The Kier molecular flexibility index (Phi) is 5.64. The van der Waals surface area contributed by atoms with Crippen molar-refractivity contribution in [3.8, 4) is 0 Å². The van der Waals surface area contributed by atoms with Crippen LogP contribution in [0.25, 0.3) is 0 Å². The lowest BCUT2D eigenvalue weighted by atomic mass is 9.95. The van der Waals surface area contributed by atoms with Crippen LogP contribution in [0.5, 0.6) is 0 Å². The van der Waals surface area contributed by atoms with E-state index in [1.54, 1.807) is 6.20 Å². The zero-order chi connectivity index (χ0) is 17.6. The summed E-state index contributed by atoms with van der Waals surface area (Å²) in [4.78, 5) is 23.5. The molecule has 1 saturated heterocycles. The number of hydrogen-bond donors (Lipinski definition) is 1. The number of benzene rings is 1. The third kappa shape index (κ3) is 4.56. The monoisotopic (exact) mass is 338 g/mol. The molecule has 1 unspecified atom stereocenters. The molecule has 1 amide bonds. The molecule has 0 bridgehead atoms. The first-order valence-corrected chi connectivity index (χ1v) is 9.00. The molecular formula is C20H26N4O. The molecule has 5 heteroatoms. The van der Waals surface area contributed by atoms with E-state index < -0.39 is 0 Å². The summed E-state index contributed by atoms with van der Waals surface area (Å²) in [6, 6.07) is 12.2. The average Bonchev–Trinajstić information content (AvgIpc) is 2.66. The number of rotatable bonds is 5. The number of anilines is 1. The normalized spacial score (nSPS) is 16.5. The van der Waals surface area contributed by atoms with Gasteiger partial charge in [-0.25, -0.2) is 9.97 Å². The van der Waals surface area contributed by atoms with Gasteiger partial charge in [-0.05, 0) is 37.3 Å². The quantitative estimate of drug-likeness (QED) is 0.911. The highest BCUT2D eigenvalue weighted by atomic mass is 16.1. The molecule has 0 radical (unpaired) electrons. The highest BCUT2D eigenvalue weighted by Gasteiger charge is 2.26. The molecule has 2 heterocycles. The molecule has 1 fully saturated rings. The highest BCUT2D eigenvalue weighted by molar-refractivity contribution is 5.79. The first-order chi connectivity index (χ1) is 12.1. The molecule has 5 nitrogen and oxygen atoms in total. The van der Waals surface area contributed by atoms with Crippen molar-refractivity contribution in [3.63, 3.8) is 0 Å². The van der Waals surface area contributed by atoms with Crippen LogP contribution < -0.4 is 10.2 Å². The molecule has 0 aliphatic carbocycles. The maximum atomic E-state index is 12.5. The fourth-order valence-corrected chi connectivity index (χ4v) is 3.23. The Labute approximate surface area is 149 Å². The van der Waals surface area contributed by atoms with Crippen molar-refractivity contribution in [2.75, 3.05) is 24.5 Å². The second-order valence-electron chi connectivity index (χ2n) is 6.82. The van der Waals surface area contributed by atoms with Crippen molar-refractivity contribution in [1.29, 1.82) is 0 Å². The molecule has 1 aromatic heterocycles. The minimum atomic E-state index is 0.0871. The lowest BCUT2D eigenvalue weighted by molar-refractivity contribution is -0.125. The molecule has 3 rings (SSSR count). The third-order valence-corrected chi connectivity index (χ3v) is 4.88. The lowest BCUT2D eigenvalue weighted by Gasteiger charge is -2.31. The summed E-state index contributed by atoms with van der Waals surface area (Å²) >= 11 is 0. The fraction of sp³-hybridized carbons (Fsp3) is 0.450. The Balaban J connectivity index is 1.47. The van der Waals surface area contributed by atoms with Crippen molar-refractivity contribution >= 4 is 11.9 Å². The van der Waals surface area contributed by atoms with Gasteiger partial charge in [0.05, 0.1) is 0 Å². The lowest BCUT2D eigenvalue weighted by Crippen LogP contribution is -2.42. The van der Waals surface area contributed by atoms with Gasteiger partial charge in [-0.15, -0.1) is 0 Å². The number of amides is 1. The van der Waals surface area contributed by atoms with Crippen molar-refractivity contribution < 1.29 is 4.79 Å². The largest absolute Gasteiger partial charge is 0.355 e. The number of piperidine rings is 1. The predicted octanol–water partition coefficient (Wildman–Crippen LogP) is 2.92. The molecule has 1 aliphatic rings. The van der Waals surface area contributed by atoms with Crippen LogP contribution in [0, 0.1) is 12.8 Å². The maximum absolute atomic E-state index is 12.5. The smallest absolute Gasteiger partial charge is 0.225 e. The van der Waals surface area contributed by atoms with Gasteiger partial charge >= 0.3 is 0 Å². The summed E-state index contributed by atoms with van der Waals surface area (Å²) in [6.07, 6.45) is 3.49. The van der Waals surface area contributed by atoms with Crippen LogP contribution in [0.3, 0.4) is 0 Å². The average molecular weight is 338 g/mol. The van der Waals surface area contributed by atoms with E-state index in [1.165, 1.54) is 5.56 Å². The van der Waals surface area contributed by atoms with Crippen molar-refractivity contribution in [3.05, 3.63) is 53.9 Å². The third-order valence-electron chi connectivity index (χ3n) is 4.88. The summed E-state index contributed by atoms with van der Waals surface area (Å²) < 4.78 is 0. The summed E-state index contributed by atoms with van der Waals surface area (Å²) in [5.74, 6) is 1.36. The number of carbonyl (C=O) groups is 1. The SMILES string of the molecule is Cc1ccnc(N2CCC(C(=O)NCC(C)c3ccccc3)CC2)n1. The van der Waals surface area contributed by atoms with Gasteiger partial charge in [0.15, 0.2) is 0 Å². The zero-order valence-electron chi connectivity index (χ0n) is 15.0. The molecule has 25 heavy (non-hydrogen) atoms. The van der Waals surface area contributed by atoms with E-state index in [4.69, 9.17) is 0 Å². The number of hydrogen-bond acceptors (Lipinski definition) is 4. The van der Waals surface area contributed by atoms with Gasteiger partial charge in [0.25, 0.3) is 0 Å². The molecule has 0 spiro atoms. The van der Waals surface area contributed by atoms with Crippen LogP contribution in [-0.2, 0) is 4.79 Å². The van der Waals surface area contributed by atoms with Crippen LogP contribution in [0.15, 0.2) is 42.6 Å². The molecule has 1 aromatic carbocycles. The van der Waals surface area contributed by atoms with Gasteiger partial charge in [-0.1, -0.05) is 37.3 Å². The summed E-state index contributed by atoms with van der Waals surface area (Å²) in [7, 11) is 0. The van der Waals surface area contributed by atoms with Crippen LogP contribution in [0.2, 0.25) is 0 Å². The summed E-state index contributed by atoms with van der Waals surface area (Å²) in [6.45, 7) is 6.46. The molecule has 1 aliphatic heterocycles. The van der Waals surface area contributed by atoms with Gasteiger partial charge in [-0.2, -0.15) is 0 Å². The zero-order valence-corrected chi connectivity index (χ0v) is 15.0.